The second-order valence-electron chi connectivity index (χ2n) is 7.13. The molecule has 2 aliphatic carbocycles. The molecule has 0 nitrogen and oxygen atoms in total. The lowest BCUT2D eigenvalue weighted by Gasteiger charge is -2.42. The first-order valence-electron chi connectivity index (χ1n) is 8.83. The fraction of sp³-hybridized carbons (Fsp3) is 1.00. The predicted octanol–water partition coefficient (Wildman–Crippen LogP) is 6.20. The summed E-state index contributed by atoms with van der Waals surface area (Å²) in [6, 6.07) is 0. The molecular weight excluding hydrogens is 216 g/mol. The van der Waals surface area contributed by atoms with E-state index in [1.54, 1.807) is 25.7 Å². The topological polar surface area (TPSA) is 0 Å². The van der Waals surface area contributed by atoms with Crippen molar-refractivity contribution >= 4 is 0 Å². The normalized spacial score (nSPS) is 35.7. The van der Waals surface area contributed by atoms with E-state index in [1.807, 2.05) is 0 Å². The van der Waals surface area contributed by atoms with Crippen LogP contribution < -0.4 is 0 Å². The largest absolute Gasteiger partial charge is 0.0654 e. The van der Waals surface area contributed by atoms with Gasteiger partial charge in [-0.05, 0) is 42.9 Å². The Morgan fingerprint density at radius 3 is 2.17 bits per heavy atom. The van der Waals surface area contributed by atoms with Crippen LogP contribution in [-0.4, -0.2) is 0 Å². The monoisotopic (exact) mass is 250 g/mol. The Kier molecular flexibility index (Phi) is 6.05. The van der Waals surface area contributed by atoms with E-state index in [4.69, 9.17) is 0 Å². The number of hydrogen-bond acceptors (Lipinski definition) is 0. The molecule has 4 unspecified atom stereocenters. The quantitative estimate of drug-likeness (QED) is 0.450. The molecule has 0 aromatic carbocycles. The lowest BCUT2D eigenvalue weighted by molar-refractivity contribution is 0.0754. The molecule has 0 heteroatoms. The molecule has 0 aliphatic heterocycles. The molecule has 0 radical (unpaired) electrons. The molecule has 106 valence electrons. The predicted molar refractivity (Wildman–Crippen MR) is 80.7 cm³/mol. The van der Waals surface area contributed by atoms with E-state index >= 15 is 0 Å². The molecule has 0 spiro atoms. The van der Waals surface area contributed by atoms with E-state index in [2.05, 4.69) is 13.8 Å². The zero-order chi connectivity index (χ0) is 12.8. The second-order valence-corrected chi connectivity index (χ2v) is 7.13. The third-order valence-corrected chi connectivity index (χ3v) is 5.88. The minimum absolute atomic E-state index is 1.04. The Labute approximate surface area is 115 Å². The summed E-state index contributed by atoms with van der Waals surface area (Å²) in [5.41, 5.74) is 0. The van der Waals surface area contributed by atoms with Gasteiger partial charge in [0.1, 0.15) is 0 Å². The molecule has 2 fully saturated rings. The number of unbranched alkanes of at least 4 members (excludes halogenated alkanes) is 5. The van der Waals surface area contributed by atoms with Crippen molar-refractivity contribution in [3.05, 3.63) is 0 Å². The average Bonchev–Trinajstić information content (AvgIpc) is 2.73. The first-order chi connectivity index (χ1) is 8.83. The second kappa shape index (κ2) is 7.56. The van der Waals surface area contributed by atoms with E-state index in [-0.39, 0.29) is 0 Å². The highest BCUT2D eigenvalue weighted by molar-refractivity contribution is 4.90. The Bertz CT molecular complexity index is 220. The first kappa shape index (κ1) is 14.4. The summed E-state index contributed by atoms with van der Waals surface area (Å²) in [7, 11) is 0. The van der Waals surface area contributed by atoms with Gasteiger partial charge < -0.3 is 0 Å². The van der Waals surface area contributed by atoms with Gasteiger partial charge in [0, 0.05) is 0 Å². The number of rotatable bonds is 8. The van der Waals surface area contributed by atoms with Crippen molar-refractivity contribution in [2.24, 2.45) is 23.7 Å². The Morgan fingerprint density at radius 2 is 1.56 bits per heavy atom. The van der Waals surface area contributed by atoms with Gasteiger partial charge in [-0.25, -0.2) is 0 Å². The molecule has 2 aliphatic rings. The molecule has 18 heavy (non-hydrogen) atoms. The molecule has 0 amide bonds. The third kappa shape index (κ3) is 3.75. The third-order valence-electron chi connectivity index (χ3n) is 5.88. The van der Waals surface area contributed by atoms with Crippen LogP contribution in [0.5, 0.6) is 0 Å². The summed E-state index contributed by atoms with van der Waals surface area (Å²) in [6.07, 6.45) is 18.1. The van der Waals surface area contributed by atoms with E-state index in [9.17, 15) is 0 Å². The fourth-order valence-electron chi connectivity index (χ4n) is 4.51. The maximum atomic E-state index is 2.51. The molecule has 0 heterocycles. The zero-order valence-corrected chi connectivity index (χ0v) is 12.8. The van der Waals surface area contributed by atoms with Gasteiger partial charge in [-0.2, -0.15) is 0 Å². The van der Waals surface area contributed by atoms with Crippen LogP contribution in [-0.2, 0) is 0 Å². The van der Waals surface area contributed by atoms with Crippen LogP contribution in [0, 0.1) is 23.7 Å². The standard InChI is InChI=1S/C18H34/c1-3-4-5-6-7-8-11-16-13-14-18(16)17-12-9-10-15(17)2/h15-18H,3-14H2,1-2H3. The van der Waals surface area contributed by atoms with Gasteiger partial charge in [0.2, 0.25) is 0 Å². The Morgan fingerprint density at radius 1 is 0.778 bits per heavy atom. The van der Waals surface area contributed by atoms with Crippen LogP contribution in [0.4, 0.5) is 0 Å². The smallest absolute Gasteiger partial charge is 0.0355 e. The van der Waals surface area contributed by atoms with E-state index in [0.717, 1.165) is 23.7 Å². The Hall–Kier alpha value is 0. The molecule has 0 aromatic heterocycles. The van der Waals surface area contributed by atoms with Crippen LogP contribution in [0.15, 0.2) is 0 Å². The van der Waals surface area contributed by atoms with Crippen molar-refractivity contribution in [2.75, 3.05) is 0 Å². The van der Waals surface area contributed by atoms with Crippen molar-refractivity contribution in [3.63, 3.8) is 0 Å². The zero-order valence-electron chi connectivity index (χ0n) is 12.8. The van der Waals surface area contributed by atoms with Crippen LogP contribution in [0.1, 0.15) is 90.9 Å². The summed E-state index contributed by atoms with van der Waals surface area (Å²) in [5, 5.41) is 0. The van der Waals surface area contributed by atoms with Gasteiger partial charge in [0.05, 0.1) is 0 Å². The SMILES string of the molecule is CCCCCCCCC1CCC1C1CCCC1C. The van der Waals surface area contributed by atoms with Gasteiger partial charge in [0.15, 0.2) is 0 Å². The fourth-order valence-corrected chi connectivity index (χ4v) is 4.51. The molecule has 0 saturated heterocycles. The molecule has 0 bridgehead atoms. The minimum atomic E-state index is 1.04. The van der Waals surface area contributed by atoms with Crippen LogP contribution in [0.25, 0.3) is 0 Å². The summed E-state index contributed by atoms with van der Waals surface area (Å²) in [6.45, 7) is 4.82. The summed E-state index contributed by atoms with van der Waals surface area (Å²) in [5.74, 6) is 4.42. The molecule has 2 rings (SSSR count). The minimum Gasteiger partial charge on any atom is -0.0654 e. The summed E-state index contributed by atoms with van der Waals surface area (Å²) in [4.78, 5) is 0. The van der Waals surface area contributed by atoms with Crippen molar-refractivity contribution in [1.82, 2.24) is 0 Å². The van der Waals surface area contributed by atoms with Crippen molar-refractivity contribution in [1.29, 1.82) is 0 Å². The highest BCUT2D eigenvalue weighted by Crippen LogP contribution is 2.50. The van der Waals surface area contributed by atoms with E-state index in [1.165, 1.54) is 51.4 Å². The Balaban J connectivity index is 1.56. The maximum absolute atomic E-state index is 2.51. The van der Waals surface area contributed by atoms with Crippen molar-refractivity contribution < 1.29 is 0 Å². The van der Waals surface area contributed by atoms with Crippen LogP contribution >= 0.6 is 0 Å². The van der Waals surface area contributed by atoms with Crippen molar-refractivity contribution in [2.45, 2.75) is 90.9 Å². The van der Waals surface area contributed by atoms with Gasteiger partial charge >= 0.3 is 0 Å². The van der Waals surface area contributed by atoms with Gasteiger partial charge in [0.25, 0.3) is 0 Å². The van der Waals surface area contributed by atoms with Crippen LogP contribution in [0.3, 0.4) is 0 Å². The maximum Gasteiger partial charge on any atom is -0.0355 e. The lowest BCUT2D eigenvalue weighted by Crippen LogP contribution is -2.33. The summed E-state index contributed by atoms with van der Waals surface area (Å²) >= 11 is 0. The number of hydrogen-bond donors (Lipinski definition) is 0. The van der Waals surface area contributed by atoms with E-state index < -0.39 is 0 Å². The van der Waals surface area contributed by atoms with E-state index in [0.29, 0.717) is 0 Å². The van der Waals surface area contributed by atoms with Gasteiger partial charge in [-0.3, -0.25) is 0 Å². The van der Waals surface area contributed by atoms with Crippen molar-refractivity contribution in [3.8, 4) is 0 Å². The lowest BCUT2D eigenvalue weighted by atomic mass is 9.63. The highest BCUT2D eigenvalue weighted by atomic mass is 14.4. The average molecular weight is 250 g/mol. The van der Waals surface area contributed by atoms with Gasteiger partial charge in [-0.1, -0.05) is 71.6 Å². The molecule has 2 saturated carbocycles. The van der Waals surface area contributed by atoms with Gasteiger partial charge in [-0.15, -0.1) is 0 Å². The highest BCUT2D eigenvalue weighted by Gasteiger charge is 2.40. The molecule has 0 aromatic rings. The first-order valence-corrected chi connectivity index (χ1v) is 8.83. The van der Waals surface area contributed by atoms with Crippen LogP contribution in [0.2, 0.25) is 0 Å². The summed E-state index contributed by atoms with van der Waals surface area (Å²) < 4.78 is 0. The molecule has 0 N–H and O–H groups in total. The molecule has 4 atom stereocenters. The molecular formula is C18H34.